The predicted molar refractivity (Wildman–Crippen MR) is 112 cm³/mol. The van der Waals surface area contributed by atoms with Crippen LogP contribution in [-0.2, 0) is 20.9 Å². The van der Waals surface area contributed by atoms with E-state index in [1.54, 1.807) is 4.90 Å². The highest BCUT2D eigenvalue weighted by molar-refractivity contribution is 5.91. The van der Waals surface area contributed by atoms with E-state index in [4.69, 9.17) is 0 Å². The number of nitrogens with one attached hydrogen (secondary N) is 1. The molecule has 2 saturated heterocycles. The van der Waals surface area contributed by atoms with Crippen molar-refractivity contribution in [2.24, 2.45) is 11.3 Å². The number of rotatable bonds is 5. The first-order chi connectivity index (χ1) is 13.8. The zero-order valence-corrected chi connectivity index (χ0v) is 17.8. The van der Waals surface area contributed by atoms with Gasteiger partial charge in [-0.3, -0.25) is 14.4 Å². The number of amides is 3. The summed E-state index contributed by atoms with van der Waals surface area (Å²) in [6, 6.07) is 9.46. The van der Waals surface area contributed by atoms with Gasteiger partial charge in [-0.1, -0.05) is 51.1 Å². The topological polar surface area (TPSA) is 69.7 Å². The molecule has 2 aliphatic rings. The number of likely N-dealkylation sites (tertiary alicyclic amines) is 2. The van der Waals surface area contributed by atoms with Gasteiger partial charge in [-0.2, -0.15) is 0 Å². The van der Waals surface area contributed by atoms with Gasteiger partial charge in [-0.05, 0) is 30.7 Å². The van der Waals surface area contributed by atoms with E-state index < -0.39 is 5.41 Å². The van der Waals surface area contributed by atoms with E-state index in [1.165, 1.54) is 0 Å². The Bertz CT molecular complexity index is 741. The molecular weight excluding hydrogens is 366 g/mol. The predicted octanol–water partition coefficient (Wildman–Crippen LogP) is 2.58. The number of hydrogen-bond donors (Lipinski definition) is 1. The fourth-order valence-corrected chi connectivity index (χ4v) is 4.11. The van der Waals surface area contributed by atoms with Crippen LogP contribution in [0.15, 0.2) is 30.3 Å². The summed E-state index contributed by atoms with van der Waals surface area (Å²) in [4.78, 5) is 41.4. The number of hydrogen-bond acceptors (Lipinski definition) is 3. The Kier molecular flexibility index (Phi) is 6.60. The molecular formula is C23H33N3O3. The molecule has 0 saturated carbocycles. The van der Waals surface area contributed by atoms with Crippen LogP contribution < -0.4 is 5.32 Å². The van der Waals surface area contributed by atoms with Crippen molar-refractivity contribution in [1.82, 2.24) is 15.1 Å². The van der Waals surface area contributed by atoms with E-state index >= 15 is 0 Å². The minimum Gasteiger partial charge on any atom is -0.355 e. The third-order valence-electron chi connectivity index (χ3n) is 5.87. The molecule has 158 valence electrons. The molecule has 3 amide bonds. The Hall–Kier alpha value is -2.37. The van der Waals surface area contributed by atoms with Crippen LogP contribution in [0.25, 0.3) is 0 Å². The van der Waals surface area contributed by atoms with Crippen molar-refractivity contribution in [1.29, 1.82) is 0 Å². The van der Waals surface area contributed by atoms with E-state index in [0.29, 0.717) is 32.5 Å². The Balaban J connectivity index is 1.59. The highest BCUT2D eigenvalue weighted by Crippen LogP contribution is 2.26. The summed E-state index contributed by atoms with van der Waals surface area (Å²) in [5, 5.41) is 3.03. The first-order valence-electron chi connectivity index (χ1n) is 10.7. The van der Waals surface area contributed by atoms with Crippen LogP contribution in [0.5, 0.6) is 0 Å². The van der Waals surface area contributed by atoms with Crippen LogP contribution in [0, 0.1) is 11.3 Å². The van der Waals surface area contributed by atoms with Crippen molar-refractivity contribution in [3.05, 3.63) is 35.9 Å². The number of nitrogens with zero attached hydrogens (tertiary/aromatic N) is 2. The van der Waals surface area contributed by atoms with Crippen LogP contribution >= 0.6 is 0 Å². The fourth-order valence-electron chi connectivity index (χ4n) is 4.11. The Morgan fingerprint density at radius 2 is 1.86 bits per heavy atom. The molecule has 6 heteroatoms. The second-order valence-corrected chi connectivity index (χ2v) is 9.31. The average molecular weight is 400 g/mol. The van der Waals surface area contributed by atoms with Crippen molar-refractivity contribution in [3.8, 4) is 0 Å². The molecule has 29 heavy (non-hydrogen) atoms. The Labute approximate surface area is 173 Å². The Morgan fingerprint density at radius 1 is 1.14 bits per heavy atom. The molecule has 2 aliphatic heterocycles. The highest BCUT2D eigenvalue weighted by Gasteiger charge is 2.39. The quantitative estimate of drug-likeness (QED) is 0.827. The molecule has 1 aromatic carbocycles. The lowest BCUT2D eigenvalue weighted by Gasteiger charge is -2.36. The van der Waals surface area contributed by atoms with Crippen LogP contribution in [0.3, 0.4) is 0 Å². The minimum absolute atomic E-state index is 0.0383. The normalized spacial score (nSPS) is 22.7. The molecule has 2 atom stereocenters. The zero-order chi connectivity index (χ0) is 21.0. The molecule has 1 aromatic rings. The molecule has 0 spiro atoms. The second kappa shape index (κ2) is 8.97. The lowest BCUT2D eigenvalue weighted by molar-refractivity contribution is -0.143. The molecule has 0 aromatic heterocycles. The van der Waals surface area contributed by atoms with E-state index in [0.717, 1.165) is 24.9 Å². The van der Waals surface area contributed by atoms with Crippen molar-refractivity contribution < 1.29 is 14.4 Å². The van der Waals surface area contributed by atoms with Crippen LogP contribution in [0.4, 0.5) is 0 Å². The smallest absolute Gasteiger partial charge is 0.245 e. The molecule has 0 radical (unpaired) electrons. The van der Waals surface area contributed by atoms with Crippen LogP contribution in [0.1, 0.15) is 52.0 Å². The van der Waals surface area contributed by atoms with Gasteiger partial charge in [0.05, 0.1) is 0 Å². The van der Waals surface area contributed by atoms with Crippen molar-refractivity contribution in [2.45, 2.75) is 59.0 Å². The van der Waals surface area contributed by atoms with Gasteiger partial charge < -0.3 is 15.1 Å². The van der Waals surface area contributed by atoms with Gasteiger partial charge in [-0.25, -0.2) is 0 Å². The van der Waals surface area contributed by atoms with Gasteiger partial charge >= 0.3 is 0 Å². The van der Waals surface area contributed by atoms with Crippen molar-refractivity contribution >= 4 is 17.7 Å². The van der Waals surface area contributed by atoms with E-state index in [9.17, 15) is 14.4 Å². The van der Waals surface area contributed by atoms with E-state index in [1.807, 2.05) is 56.0 Å². The first kappa shape index (κ1) is 21.3. The SMILES string of the molecule is CC(C)(C)C(=O)NCC1CCCN(C(=O)[C@@H]2CCC(=O)N2Cc2ccccc2)C1. The van der Waals surface area contributed by atoms with E-state index in [2.05, 4.69) is 5.32 Å². The van der Waals surface area contributed by atoms with Crippen LogP contribution in [0.2, 0.25) is 0 Å². The molecule has 1 unspecified atom stereocenters. The molecule has 3 rings (SSSR count). The average Bonchev–Trinajstić information content (AvgIpc) is 3.06. The number of benzene rings is 1. The summed E-state index contributed by atoms with van der Waals surface area (Å²) in [5.74, 6) is 0.409. The minimum atomic E-state index is -0.410. The summed E-state index contributed by atoms with van der Waals surface area (Å²) < 4.78 is 0. The summed E-state index contributed by atoms with van der Waals surface area (Å²) >= 11 is 0. The van der Waals surface area contributed by atoms with Gasteiger partial charge in [0.2, 0.25) is 17.7 Å². The summed E-state index contributed by atoms with van der Waals surface area (Å²) in [6.45, 7) is 8.15. The van der Waals surface area contributed by atoms with Gasteiger partial charge in [0, 0.05) is 38.0 Å². The maximum absolute atomic E-state index is 13.2. The fraction of sp³-hybridized carbons (Fsp3) is 0.609. The van der Waals surface area contributed by atoms with Gasteiger partial charge in [-0.15, -0.1) is 0 Å². The van der Waals surface area contributed by atoms with Gasteiger partial charge in [0.1, 0.15) is 6.04 Å². The summed E-state index contributed by atoms with van der Waals surface area (Å²) in [6.07, 6.45) is 2.96. The standard InChI is InChI=1S/C23H33N3O3/c1-23(2,3)22(29)24-14-18-10-7-13-25(15-18)21(28)19-11-12-20(27)26(19)16-17-8-5-4-6-9-17/h4-6,8-9,18-19H,7,10-16H2,1-3H3,(H,24,29)/t18?,19-/m0/s1. The molecule has 2 heterocycles. The number of carbonyl (C=O) groups excluding carboxylic acids is 3. The Morgan fingerprint density at radius 3 is 2.55 bits per heavy atom. The van der Waals surface area contributed by atoms with Gasteiger partial charge in [0.15, 0.2) is 0 Å². The maximum Gasteiger partial charge on any atom is 0.245 e. The second-order valence-electron chi connectivity index (χ2n) is 9.31. The third-order valence-corrected chi connectivity index (χ3v) is 5.87. The van der Waals surface area contributed by atoms with Crippen molar-refractivity contribution in [3.63, 3.8) is 0 Å². The monoisotopic (exact) mass is 399 g/mol. The number of carbonyl (C=O) groups is 3. The number of piperidine rings is 1. The van der Waals surface area contributed by atoms with Gasteiger partial charge in [0.25, 0.3) is 0 Å². The highest BCUT2D eigenvalue weighted by atomic mass is 16.2. The van der Waals surface area contributed by atoms with E-state index in [-0.39, 0.29) is 29.7 Å². The molecule has 0 bridgehead atoms. The van der Waals surface area contributed by atoms with Crippen LogP contribution in [-0.4, -0.2) is 53.2 Å². The molecule has 6 nitrogen and oxygen atoms in total. The maximum atomic E-state index is 13.2. The third kappa shape index (κ3) is 5.37. The van der Waals surface area contributed by atoms with Crippen molar-refractivity contribution in [2.75, 3.05) is 19.6 Å². The first-order valence-corrected chi connectivity index (χ1v) is 10.7. The molecule has 1 N–H and O–H groups in total. The summed E-state index contributed by atoms with van der Waals surface area (Å²) in [7, 11) is 0. The lowest BCUT2D eigenvalue weighted by Crippen LogP contribution is -2.51. The largest absolute Gasteiger partial charge is 0.355 e. The summed E-state index contributed by atoms with van der Waals surface area (Å²) in [5.41, 5.74) is 0.633. The lowest BCUT2D eigenvalue weighted by atomic mass is 9.93. The molecule has 0 aliphatic carbocycles. The zero-order valence-electron chi connectivity index (χ0n) is 17.8. The molecule has 2 fully saturated rings.